The van der Waals surface area contributed by atoms with Gasteiger partial charge in [0, 0.05) is 31.8 Å². The summed E-state index contributed by atoms with van der Waals surface area (Å²) in [6, 6.07) is 10.3. The number of methoxy groups -OCH3 is 1. The molecule has 0 spiro atoms. The van der Waals surface area contributed by atoms with Gasteiger partial charge in [0.15, 0.2) is 11.5 Å². The number of aliphatic hydroxyl groups excluding tert-OH is 1. The summed E-state index contributed by atoms with van der Waals surface area (Å²) in [6.07, 6.45) is 13.2. The van der Waals surface area contributed by atoms with Crippen molar-refractivity contribution in [2.75, 3.05) is 20.3 Å². The number of hydrogen-bond donors (Lipinski definition) is 1. The largest absolute Gasteiger partial charge is 0.494 e. The van der Waals surface area contributed by atoms with Crippen LogP contribution >= 0.6 is 0 Å². The van der Waals surface area contributed by atoms with Gasteiger partial charge in [-0.3, -0.25) is 14.5 Å². The quantitative estimate of drug-likeness (QED) is 0.292. The maximum atomic E-state index is 13.1. The predicted octanol–water partition coefficient (Wildman–Crippen LogP) is 5.87. The Labute approximate surface area is 276 Å². The van der Waals surface area contributed by atoms with Crippen LogP contribution in [0.2, 0.25) is 0 Å². The van der Waals surface area contributed by atoms with Crippen molar-refractivity contribution < 1.29 is 24.1 Å². The number of aromatic nitrogens is 3. The van der Waals surface area contributed by atoms with E-state index in [0.717, 1.165) is 50.8 Å². The number of carbonyl (C=O) groups is 1. The highest BCUT2D eigenvalue weighted by atomic mass is 16.5. The Morgan fingerprint density at radius 3 is 2.87 bits per heavy atom. The van der Waals surface area contributed by atoms with Crippen LogP contribution in [-0.4, -0.2) is 69.5 Å². The lowest BCUT2D eigenvalue weighted by Crippen LogP contribution is -2.43. The second kappa shape index (κ2) is 12.3. The molecule has 248 valence electrons. The summed E-state index contributed by atoms with van der Waals surface area (Å²) < 4.78 is 19.6. The van der Waals surface area contributed by atoms with E-state index in [9.17, 15) is 9.90 Å². The van der Waals surface area contributed by atoms with E-state index in [2.05, 4.69) is 40.4 Å². The second-order valence-electron chi connectivity index (χ2n) is 14.4. The molecule has 1 N–H and O–H groups in total. The molecule has 5 aliphatic rings. The molecule has 47 heavy (non-hydrogen) atoms. The first-order valence-corrected chi connectivity index (χ1v) is 17.4. The maximum absolute atomic E-state index is 13.1. The first-order valence-electron chi connectivity index (χ1n) is 17.4. The number of carbonyl (C=O) groups excluding carboxylic acids is 1. The molecule has 3 heterocycles. The SMILES string of the molecule is COc1cc2c(cc1OCc1cn(CCCOc3ccc4c(c3)CC[C@@H]3[C@@H]4CC[C@]4(C)[C@@H](O)CC[C@@H]34)nn1)N=C[C@@H]1CCCN1C2=O. The van der Waals surface area contributed by atoms with E-state index in [-0.39, 0.29) is 30.1 Å². The minimum Gasteiger partial charge on any atom is -0.494 e. The molecule has 6 atom stereocenters. The lowest BCUT2D eigenvalue weighted by Gasteiger charge is -2.50. The zero-order valence-corrected chi connectivity index (χ0v) is 27.4. The smallest absolute Gasteiger partial charge is 0.256 e. The maximum Gasteiger partial charge on any atom is 0.256 e. The summed E-state index contributed by atoms with van der Waals surface area (Å²) in [7, 11) is 1.57. The molecule has 10 nitrogen and oxygen atoms in total. The Bertz CT molecular complexity index is 1690. The number of amides is 1. The van der Waals surface area contributed by atoms with Gasteiger partial charge in [-0.15, -0.1) is 5.10 Å². The number of fused-ring (bicyclic) bond motifs is 7. The summed E-state index contributed by atoms with van der Waals surface area (Å²) in [5.74, 6) is 3.90. The van der Waals surface area contributed by atoms with Crippen molar-refractivity contribution in [2.45, 2.75) is 95.9 Å². The van der Waals surface area contributed by atoms with Crippen molar-refractivity contribution >= 4 is 17.8 Å². The van der Waals surface area contributed by atoms with Crippen LogP contribution in [0.4, 0.5) is 5.69 Å². The zero-order valence-electron chi connectivity index (χ0n) is 27.4. The van der Waals surface area contributed by atoms with Crippen molar-refractivity contribution in [1.82, 2.24) is 19.9 Å². The van der Waals surface area contributed by atoms with E-state index in [1.165, 1.54) is 30.4 Å². The van der Waals surface area contributed by atoms with Gasteiger partial charge in [0.1, 0.15) is 18.1 Å². The third-order valence-corrected chi connectivity index (χ3v) is 11.9. The molecule has 1 saturated heterocycles. The molecule has 2 aromatic carbocycles. The number of nitrogens with zero attached hydrogens (tertiary/aromatic N) is 5. The standard InChI is InChI=1S/C37H45N5O5/c1-37-13-12-28-27-9-7-26(17-23(27)6-8-29(28)31(37)10-11-35(37)43)46-16-4-14-41-21-24(39-40-41)22-47-34-19-32-30(18-33(34)45-2)36(44)42-15-3-5-25(42)20-38-32/h7,9,17-21,25,28-29,31,35,43H,3-6,8,10-16,22H2,1-2H3/t25-,28+,29+,31-,35-,37-/m0/s1. The summed E-state index contributed by atoms with van der Waals surface area (Å²) in [4.78, 5) is 19.6. The fraction of sp³-hybridized carbons (Fsp3) is 0.568. The summed E-state index contributed by atoms with van der Waals surface area (Å²) >= 11 is 0. The van der Waals surface area contributed by atoms with Crippen molar-refractivity contribution in [2.24, 2.45) is 22.2 Å². The van der Waals surface area contributed by atoms with Gasteiger partial charge in [0.2, 0.25) is 0 Å². The Morgan fingerprint density at radius 2 is 1.98 bits per heavy atom. The van der Waals surface area contributed by atoms with Gasteiger partial charge in [0.25, 0.3) is 5.91 Å². The highest BCUT2D eigenvalue weighted by Crippen LogP contribution is 2.61. The van der Waals surface area contributed by atoms with Crippen LogP contribution in [0, 0.1) is 17.3 Å². The molecule has 8 rings (SSSR count). The molecule has 3 fully saturated rings. The second-order valence-corrected chi connectivity index (χ2v) is 14.4. The van der Waals surface area contributed by atoms with E-state index in [1.807, 2.05) is 22.0 Å². The number of rotatable bonds is 9. The van der Waals surface area contributed by atoms with E-state index in [1.54, 1.807) is 19.2 Å². The van der Waals surface area contributed by atoms with Gasteiger partial charge >= 0.3 is 0 Å². The average molecular weight is 640 g/mol. The molecule has 1 amide bonds. The molecule has 0 radical (unpaired) electrons. The Balaban J connectivity index is 0.838. The number of aliphatic hydroxyl groups is 1. The van der Waals surface area contributed by atoms with Crippen LogP contribution in [0.25, 0.3) is 0 Å². The third-order valence-electron chi connectivity index (χ3n) is 11.9. The molecule has 2 aliphatic heterocycles. The fourth-order valence-electron chi connectivity index (χ4n) is 9.32. The monoisotopic (exact) mass is 639 g/mol. The molecule has 0 unspecified atom stereocenters. The first-order chi connectivity index (χ1) is 22.9. The van der Waals surface area contributed by atoms with E-state index < -0.39 is 0 Å². The number of ether oxygens (including phenoxy) is 3. The van der Waals surface area contributed by atoms with Gasteiger partial charge in [-0.05, 0) is 104 Å². The van der Waals surface area contributed by atoms with Crippen LogP contribution in [0.15, 0.2) is 41.5 Å². The van der Waals surface area contributed by atoms with Gasteiger partial charge in [-0.1, -0.05) is 18.2 Å². The summed E-state index contributed by atoms with van der Waals surface area (Å²) in [5.41, 5.74) is 4.90. The summed E-state index contributed by atoms with van der Waals surface area (Å²) in [5, 5.41) is 19.3. The topological polar surface area (TPSA) is 111 Å². The molecule has 3 aliphatic carbocycles. The van der Waals surface area contributed by atoms with E-state index >= 15 is 0 Å². The van der Waals surface area contributed by atoms with E-state index in [4.69, 9.17) is 14.2 Å². The first kappa shape index (κ1) is 30.4. The van der Waals surface area contributed by atoms with Crippen molar-refractivity contribution in [1.29, 1.82) is 0 Å². The molecule has 2 saturated carbocycles. The van der Waals surface area contributed by atoms with Gasteiger partial charge < -0.3 is 24.2 Å². The molecule has 1 aromatic heterocycles. The molecule has 10 heteroatoms. The Hall–Kier alpha value is -3.92. The summed E-state index contributed by atoms with van der Waals surface area (Å²) in [6.45, 7) is 4.58. The number of aliphatic imine (C=N–C) groups is 1. The van der Waals surface area contributed by atoms with Crippen molar-refractivity contribution in [3.8, 4) is 17.2 Å². The van der Waals surface area contributed by atoms with Crippen LogP contribution in [-0.2, 0) is 19.6 Å². The number of aryl methyl sites for hydroxylation is 2. The molecular formula is C37H45N5O5. The number of hydrogen-bond acceptors (Lipinski definition) is 8. The highest BCUT2D eigenvalue weighted by molar-refractivity contribution is 6.03. The Kier molecular flexibility index (Phi) is 7.94. The van der Waals surface area contributed by atoms with Crippen LogP contribution in [0.3, 0.4) is 0 Å². The van der Waals surface area contributed by atoms with Gasteiger partial charge in [-0.25, -0.2) is 0 Å². The minimum atomic E-state index is -0.125. The predicted molar refractivity (Wildman–Crippen MR) is 177 cm³/mol. The molecular weight excluding hydrogens is 594 g/mol. The highest BCUT2D eigenvalue weighted by Gasteiger charge is 2.54. The minimum absolute atomic E-state index is 0.0143. The molecule has 0 bridgehead atoms. The van der Waals surface area contributed by atoms with Gasteiger partial charge in [0.05, 0.1) is 43.3 Å². The lowest BCUT2D eigenvalue weighted by molar-refractivity contribution is -0.0226. The Morgan fingerprint density at radius 1 is 1.06 bits per heavy atom. The van der Waals surface area contributed by atoms with Gasteiger partial charge in [-0.2, -0.15) is 0 Å². The molecule has 3 aromatic rings. The van der Waals surface area contributed by atoms with Crippen LogP contribution < -0.4 is 14.2 Å². The van der Waals surface area contributed by atoms with Crippen molar-refractivity contribution in [3.63, 3.8) is 0 Å². The van der Waals surface area contributed by atoms with Crippen LogP contribution in [0.5, 0.6) is 17.2 Å². The lowest BCUT2D eigenvalue weighted by atomic mass is 9.55. The number of benzene rings is 2. The van der Waals surface area contributed by atoms with E-state index in [0.29, 0.717) is 59.3 Å². The average Bonchev–Trinajstić information content (AvgIpc) is 3.81. The normalized spacial score (nSPS) is 29.0. The third kappa shape index (κ3) is 5.48. The zero-order chi connectivity index (χ0) is 32.1. The van der Waals surface area contributed by atoms with Crippen LogP contribution in [0.1, 0.15) is 91.4 Å². The van der Waals surface area contributed by atoms with Crippen molar-refractivity contribution in [3.05, 3.63) is 58.9 Å². The fourth-order valence-corrected chi connectivity index (χ4v) is 9.32.